The Morgan fingerprint density at radius 1 is 1.46 bits per heavy atom. The molecule has 0 saturated carbocycles. The van der Waals surface area contributed by atoms with Crippen molar-refractivity contribution in [3.63, 3.8) is 0 Å². The fourth-order valence-electron chi connectivity index (χ4n) is 0.973. The van der Waals surface area contributed by atoms with Gasteiger partial charge in [0.15, 0.2) is 5.78 Å². The van der Waals surface area contributed by atoms with Crippen LogP contribution < -0.4 is 0 Å². The van der Waals surface area contributed by atoms with E-state index in [0.29, 0.717) is 0 Å². The number of alkyl halides is 1. The molecule has 70 valence electrons. The van der Waals surface area contributed by atoms with Crippen molar-refractivity contribution in [2.45, 2.75) is 18.2 Å². The maximum atomic E-state index is 11.8. The van der Waals surface area contributed by atoms with Gasteiger partial charge >= 0.3 is 0 Å². The molecule has 3 heteroatoms. The summed E-state index contributed by atoms with van der Waals surface area (Å²) >= 11 is 5.55. The van der Waals surface area contributed by atoms with Crippen LogP contribution in [0.3, 0.4) is 0 Å². The third-order valence-electron chi connectivity index (χ3n) is 1.63. The molecule has 1 rings (SSSR count). The van der Waals surface area contributed by atoms with Crippen LogP contribution in [0.4, 0.5) is 0 Å². The van der Waals surface area contributed by atoms with Crippen LogP contribution in [-0.2, 0) is 0 Å². The summed E-state index contributed by atoms with van der Waals surface area (Å²) in [5.74, 6) is 0.117. The second-order valence-corrected chi connectivity index (χ2v) is 6.54. The van der Waals surface area contributed by atoms with Crippen molar-refractivity contribution in [3.8, 4) is 0 Å². The van der Waals surface area contributed by atoms with E-state index in [-0.39, 0.29) is 5.78 Å². The molecule has 0 saturated heterocycles. The van der Waals surface area contributed by atoms with Crippen molar-refractivity contribution in [1.29, 1.82) is 0 Å². The SMILES string of the molecule is CC(C)(Br)C(=O)c1cccc(I)c1. The Balaban J connectivity index is 3.03. The third kappa shape index (κ3) is 3.06. The number of halogens is 2. The summed E-state index contributed by atoms with van der Waals surface area (Å²) in [6.45, 7) is 3.71. The highest BCUT2D eigenvalue weighted by atomic mass is 127. The lowest BCUT2D eigenvalue weighted by Crippen LogP contribution is -2.23. The average molecular weight is 353 g/mol. The molecule has 0 radical (unpaired) electrons. The number of Topliss-reactive ketones (excluding diaryl/α,β-unsaturated/α-hetero) is 1. The quantitative estimate of drug-likeness (QED) is 0.451. The number of rotatable bonds is 2. The lowest BCUT2D eigenvalue weighted by molar-refractivity contribution is 0.0961. The highest BCUT2D eigenvalue weighted by Gasteiger charge is 2.24. The minimum Gasteiger partial charge on any atom is -0.293 e. The van der Waals surface area contributed by atoms with Gasteiger partial charge in [0.2, 0.25) is 0 Å². The Morgan fingerprint density at radius 3 is 2.54 bits per heavy atom. The van der Waals surface area contributed by atoms with Gasteiger partial charge in [-0.25, -0.2) is 0 Å². The molecular weight excluding hydrogens is 343 g/mol. The van der Waals surface area contributed by atoms with Gasteiger partial charge in [0.25, 0.3) is 0 Å². The van der Waals surface area contributed by atoms with Gasteiger partial charge < -0.3 is 0 Å². The van der Waals surface area contributed by atoms with Gasteiger partial charge in [-0.05, 0) is 48.6 Å². The third-order valence-corrected chi connectivity index (χ3v) is 2.66. The van der Waals surface area contributed by atoms with Crippen LogP contribution in [0.1, 0.15) is 24.2 Å². The average Bonchev–Trinajstić information content (AvgIpc) is 2.01. The molecule has 1 aromatic rings. The molecule has 0 bridgehead atoms. The molecule has 0 aliphatic heterocycles. The molecule has 13 heavy (non-hydrogen) atoms. The largest absolute Gasteiger partial charge is 0.293 e. The van der Waals surface area contributed by atoms with Crippen molar-refractivity contribution < 1.29 is 4.79 Å². The molecular formula is C10H10BrIO. The Bertz CT molecular complexity index is 328. The molecule has 0 aliphatic carbocycles. The minimum absolute atomic E-state index is 0.117. The predicted molar refractivity (Wildman–Crippen MR) is 66.5 cm³/mol. The van der Waals surface area contributed by atoms with Gasteiger partial charge in [-0.15, -0.1) is 0 Å². The molecule has 0 spiro atoms. The number of hydrogen-bond acceptors (Lipinski definition) is 1. The van der Waals surface area contributed by atoms with Gasteiger partial charge in [-0.3, -0.25) is 4.79 Å². The number of benzene rings is 1. The first-order chi connectivity index (χ1) is 5.91. The Labute approximate surface area is 100 Å². The molecule has 0 amide bonds. The lowest BCUT2D eigenvalue weighted by atomic mass is 10.0. The van der Waals surface area contributed by atoms with Crippen LogP contribution in [0.25, 0.3) is 0 Å². The number of ketones is 1. The van der Waals surface area contributed by atoms with Crippen molar-refractivity contribution in [1.82, 2.24) is 0 Å². The van der Waals surface area contributed by atoms with Crippen molar-refractivity contribution >= 4 is 44.3 Å². The summed E-state index contributed by atoms with van der Waals surface area (Å²) in [5, 5.41) is 0. The number of carbonyl (C=O) groups is 1. The Hall–Kier alpha value is 0.100. The Morgan fingerprint density at radius 2 is 2.08 bits per heavy atom. The van der Waals surface area contributed by atoms with E-state index in [4.69, 9.17) is 0 Å². The number of carbonyl (C=O) groups excluding carboxylic acids is 1. The van der Waals surface area contributed by atoms with Crippen LogP contribution in [0, 0.1) is 3.57 Å². The second kappa shape index (κ2) is 4.09. The Kier molecular flexibility index (Phi) is 3.51. The zero-order valence-corrected chi connectivity index (χ0v) is 11.2. The fraction of sp³-hybridized carbons (Fsp3) is 0.300. The van der Waals surface area contributed by atoms with E-state index in [1.807, 2.05) is 38.1 Å². The van der Waals surface area contributed by atoms with Crippen LogP contribution in [0.5, 0.6) is 0 Å². The summed E-state index contributed by atoms with van der Waals surface area (Å²) < 4.78 is 0.609. The van der Waals surface area contributed by atoms with Gasteiger partial charge in [0.05, 0.1) is 4.32 Å². The van der Waals surface area contributed by atoms with E-state index in [1.165, 1.54) is 0 Å². The molecule has 1 aromatic carbocycles. The second-order valence-electron chi connectivity index (χ2n) is 3.31. The number of hydrogen-bond donors (Lipinski definition) is 0. The van der Waals surface area contributed by atoms with Crippen LogP contribution >= 0.6 is 38.5 Å². The summed E-state index contributed by atoms with van der Waals surface area (Å²) in [5.41, 5.74) is 0.758. The first kappa shape index (κ1) is 11.2. The van der Waals surface area contributed by atoms with E-state index in [1.54, 1.807) is 0 Å². The zero-order chi connectivity index (χ0) is 10.1. The zero-order valence-electron chi connectivity index (χ0n) is 7.47. The molecule has 0 aromatic heterocycles. The summed E-state index contributed by atoms with van der Waals surface area (Å²) in [4.78, 5) is 11.8. The van der Waals surface area contributed by atoms with Crippen molar-refractivity contribution in [2.24, 2.45) is 0 Å². The molecule has 0 aliphatic rings. The van der Waals surface area contributed by atoms with E-state index < -0.39 is 4.32 Å². The van der Waals surface area contributed by atoms with Crippen LogP contribution in [0.15, 0.2) is 24.3 Å². The highest BCUT2D eigenvalue weighted by molar-refractivity contribution is 14.1. The van der Waals surface area contributed by atoms with E-state index >= 15 is 0 Å². The normalized spacial score (nSPS) is 11.4. The summed E-state index contributed by atoms with van der Waals surface area (Å²) in [6.07, 6.45) is 0. The van der Waals surface area contributed by atoms with Crippen LogP contribution in [0.2, 0.25) is 0 Å². The van der Waals surface area contributed by atoms with Gasteiger partial charge in [-0.2, -0.15) is 0 Å². The minimum atomic E-state index is -0.475. The lowest BCUT2D eigenvalue weighted by Gasteiger charge is -2.14. The van der Waals surface area contributed by atoms with Crippen molar-refractivity contribution in [3.05, 3.63) is 33.4 Å². The summed E-state index contributed by atoms with van der Waals surface area (Å²) in [6, 6.07) is 7.60. The predicted octanol–water partition coefficient (Wildman–Crippen LogP) is 3.65. The van der Waals surface area contributed by atoms with Gasteiger partial charge in [0, 0.05) is 9.13 Å². The molecule has 0 unspecified atom stereocenters. The highest BCUT2D eigenvalue weighted by Crippen LogP contribution is 2.22. The molecule has 0 heterocycles. The first-order valence-corrected chi connectivity index (χ1v) is 5.78. The molecule has 0 fully saturated rings. The van der Waals surface area contributed by atoms with Gasteiger partial charge in [-0.1, -0.05) is 28.1 Å². The molecule has 0 N–H and O–H groups in total. The van der Waals surface area contributed by atoms with E-state index in [2.05, 4.69) is 38.5 Å². The van der Waals surface area contributed by atoms with E-state index in [9.17, 15) is 4.79 Å². The maximum absolute atomic E-state index is 11.8. The first-order valence-electron chi connectivity index (χ1n) is 3.90. The van der Waals surface area contributed by atoms with Gasteiger partial charge in [0.1, 0.15) is 0 Å². The monoisotopic (exact) mass is 352 g/mol. The summed E-state index contributed by atoms with van der Waals surface area (Å²) in [7, 11) is 0. The fourth-order valence-corrected chi connectivity index (χ4v) is 1.74. The smallest absolute Gasteiger partial charge is 0.178 e. The van der Waals surface area contributed by atoms with E-state index in [0.717, 1.165) is 9.13 Å². The molecule has 0 atom stereocenters. The topological polar surface area (TPSA) is 17.1 Å². The molecule has 1 nitrogen and oxygen atoms in total. The van der Waals surface area contributed by atoms with Crippen molar-refractivity contribution in [2.75, 3.05) is 0 Å². The maximum Gasteiger partial charge on any atom is 0.178 e. The van der Waals surface area contributed by atoms with Crippen LogP contribution in [-0.4, -0.2) is 10.1 Å². The standard InChI is InChI=1S/C10H10BrIO/c1-10(2,11)9(13)7-4-3-5-8(12)6-7/h3-6H,1-2H3.